The first-order chi connectivity index (χ1) is 11.6. The van der Waals surface area contributed by atoms with E-state index >= 15 is 0 Å². The Hall–Kier alpha value is -2.28. The standard InChI is InChI=1S/C17H23NO6/c1-21-16(19)7-9-18(10-8-17(20)22-2)11-13-12-23-14-5-3-4-6-15(14)24-13/h3-6,13H,7-12H2,1-2H3. The van der Waals surface area contributed by atoms with Crippen LogP contribution in [-0.4, -0.2) is 63.4 Å². The van der Waals surface area contributed by atoms with Crippen molar-refractivity contribution >= 4 is 11.9 Å². The van der Waals surface area contributed by atoms with Crippen LogP contribution >= 0.6 is 0 Å². The molecule has 24 heavy (non-hydrogen) atoms. The van der Waals surface area contributed by atoms with Gasteiger partial charge < -0.3 is 18.9 Å². The fourth-order valence-electron chi connectivity index (χ4n) is 2.44. The minimum atomic E-state index is -0.288. The van der Waals surface area contributed by atoms with E-state index in [2.05, 4.69) is 9.47 Å². The number of methoxy groups -OCH3 is 2. The Bertz CT molecular complexity index is 542. The third-order valence-corrected chi connectivity index (χ3v) is 3.75. The number of fused-ring (bicyclic) bond motifs is 1. The first-order valence-electron chi connectivity index (χ1n) is 7.87. The molecule has 1 aliphatic rings. The van der Waals surface area contributed by atoms with Gasteiger partial charge in [0.05, 0.1) is 27.1 Å². The molecular weight excluding hydrogens is 314 g/mol. The number of ether oxygens (including phenoxy) is 4. The Morgan fingerprint density at radius 2 is 1.67 bits per heavy atom. The molecule has 0 aliphatic carbocycles. The van der Waals surface area contributed by atoms with Gasteiger partial charge in [-0.15, -0.1) is 0 Å². The molecule has 2 rings (SSSR count). The van der Waals surface area contributed by atoms with E-state index in [-0.39, 0.29) is 30.9 Å². The highest BCUT2D eigenvalue weighted by molar-refractivity contribution is 5.70. The maximum absolute atomic E-state index is 11.4. The summed E-state index contributed by atoms with van der Waals surface area (Å²) >= 11 is 0. The van der Waals surface area contributed by atoms with Gasteiger partial charge >= 0.3 is 11.9 Å². The van der Waals surface area contributed by atoms with Crippen LogP contribution in [0.4, 0.5) is 0 Å². The van der Waals surface area contributed by atoms with Crippen molar-refractivity contribution in [3.05, 3.63) is 24.3 Å². The van der Waals surface area contributed by atoms with Gasteiger partial charge in [0.2, 0.25) is 0 Å². The number of hydrogen-bond acceptors (Lipinski definition) is 7. The Balaban J connectivity index is 1.91. The molecule has 0 saturated carbocycles. The van der Waals surface area contributed by atoms with E-state index in [9.17, 15) is 9.59 Å². The van der Waals surface area contributed by atoms with Crippen LogP contribution < -0.4 is 9.47 Å². The molecule has 1 atom stereocenters. The van der Waals surface area contributed by atoms with Gasteiger partial charge in [-0.05, 0) is 12.1 Å². The molecule has 0 fully saturated rings. The lowest BCUT2D eigenvalue weighted by Crippen LogP contribution is -2.42. The van der Waals surface area contributed by atoms with Gasteiger partial charge in [-0.2, -0.15) is 0 Å². The molecule has 0 spiro atoms. The number of carbonyl (C=O) groups is 2. The third-order valence-electron chi connectivity index (χ3n) is 3.75. The van der Waals surface area contributed by atoms with Crippen molar-refractivity contribution in [3.63, 3.8) is 0 Å². The summed E-state index contributed by atoms with van der Waals surface area (Å²) in [4.78, 5) is 24.7. The highest BCUT2D eigenvalue weighted by atomic mass is 16.6. The summed E-state index contributed by atoms with van der Waals surface area (Å²) in [6.07, 6.45) is 0.333. The zero-order chi connectivity index (χ0) is 17.4. The van der Waals surface area contributed by atoms with E-state index in [1.807, 2.05) is 29.2 Å². The average molecular weight is 337 g/mol. The molecule has 1 heterocycles. The largest absolute Gasteiger partial charge is 0.486 e. The molecule has 1 aromatic carbocycles. The summed E-state index contributed by atoms with van der Waals surface area (Å²) in [6, 6.07) is 7.49. The molecule has 7 nitrogen and oxygen atoms in total. The second kappa shape index (κ2) is 9.12. The van der Waals surface area contributed by atoms with Crippen LogP contribution in [0.2, 0.25) is 0 Å². The Morgan fingerprint density at radius 3 is 2.25 bits per heavy atom. The van der Waals surface area contributed by atoms with Gasteiger partial charge in [-0.1, -0.05) is 12.1 Å². The molecule has 132 valence electrons. The maximum atomic E-state index is 11.4. The summed E-state index contributed by atoms with van der Waals surface area (Å²) < 4.78 is 21.0. The number of benzene rings is 1. The maximum Gasteiger partial charge on any atom is 0.306 e. The summed E-state index contributed by atoms with van der Waals surface area (Å²) in [5.74, 6) is 0.854. The van der Waals surface area contributed by atoms with Gasteiger partial charge in [0.25, 0.3) is 0 Å². The lowest BCUT2D eigenvalue weighted by atomic mass is 10.2. The van der Waals surface area contributed by atoms with Crippen molar-refractivity contribution in [1.29, 1.82) is 0 Å². The minimum Gasteiger partial charge on any atom is -0.486 e. The van der Waals surface area contributed by atoms with Gasteiger partial charge in [0, 0.05) is 19.6 Å². The van der Waals surface area contributed by atoms with Crippen molar-refractivity contribution in [3.8, 4) is 11.5 Å². The normalized spacial score (nSPS) is 15.9. The lowest BCUT2D eigenvalue weighted by molar-refractivity contribution is -0.141. The van der Waals surface area contributed by atoms with Crippen LogP contribution in [0.3, 0.4) is 0 Å². The Labute approximate surface area is 141 Å². The van der Waals surface area contributed by atoms with Crippen LogP contribution in [0.1, 0.15) is 12.8 Å². The highest BCUT2D eigenvalue weighted by Gasteiger charge is 2.23. The predicted octanol–water partition coefficient (Wildman–Crippen LogP) is 1.25. The number of para-hydroxylation sites is 2. The molecular formula is C17H23NO6. The Morgan fingerprint density at radius 1 is 1.08 bits per heavy atom. The number of hydrogen-bond donors (Lipinski definition) is 0. The van der Waals surface area contributed by atoms with E-state index < -0.39 is 0 Å². The van der Waals surface area contributed by atoms with Crippen molar-refractivity contribution in [1.82, 2.24) is 4.90 Å². The molecule has 0 amide bonds. The van der Waals surface area contributed by atoms with Crippen molar-refractivity contribution in [2.45, 2.75) is 18.9 Å². The van der Waals surface area contributed by atoms with Crippen LogP contribution in [0.25, 0.3) is 0 Å². The van der Waals surface area contributed by atoms with Crippen molar-refractivity contribution in [2.24, 2.45) is 0 Å². The van der Waals surface area contributed by atoms with Gasteiger partial charge in [0.15, 0.2) is 11.5 Å². The van der Waals surface area contributed by atoms with Crippen LogP contribution in [0, 0.1) is 0 Å². The van der Waals surface area contributed by atoms with Crippen molar-refractivity contribution in [2.75, 3.05) is 40.5 Å². The molecule has 1 aliphatic heterocycles. The van der Waals surface area contributed by atoms with Gasteiger partial charge in [0.1, 0.15) is 12.7 Å². The first-order valence-corrected chi connectivity index (χ1v) is 7.87. The third kappa shape index (κ3) is 5.42. The Kier molecular flexibility index (Phi) is 6.87. The van der Waals surface area contributed by atoms with Crippen molar-refractivity contribution < 1.29 is 28.5 Å². The zero-order valence-corrected chi connectivity index (χ0v) is 14.0. The molecule has 0 bridgehead atoms. The van der Waals surface area contributed by atoms with E-state index in [1.54, 1.807) is 0 Å². The zero-order valence-electron chi connectivity index (χ0n) is 14.0. The lowest BCUT2D eigenvalue weighted by Gasteiger charge is -2.31. The quantitative estimate of drug-likeness (QED) is 0.661. The minimum absolute atomic E-state index is 0.171. The first kappa shape index (κ1) is 18.1. The predicted molar refractivity (Wildman–Crippen MR) is 86.1 cm³/mol. The summed E-state index contributed by atoms with van der Waals surface area (Å²) in [6.45, 7) is 1.92. The SMILES string of the molecule is COC(=O)CCN(CCC(=O)OC)CC1COc2ccccc2O1. The fraction of sp³-hybridized carbons (Fsp3) is 0.529. The number of nitrogens with zero attached hydrogens (tertiary/aromatic N) is 1. The molecule has 0 N–H and O–H groups in total. The molecule has 0 saturated heterocycles. The van der Waals surface area contributed by atoms with E-state index in [0.29, 0.717) is 32.0 Å². The van der Waals surface area contributed by atoms with E-state index in [0.717, 1.165) is 5.75 Å². The van der Waals surface area contributed by atoms with Crippen LogP contribution in [0.15, 0.2) is 24.3 Å². The molecule has 1 aromatic rings. The topological polar surface area (TPSA) is 74.3 Å². The highest BCUT2D eigenvalue weighted by Crippen LogP contribution is 2.31. The average Bonchev–Trinajstić information content (AvgIpc) is 2.63. The summed E-state index contributed by atoms with van der Waals surface area (Å²) in [5.41, 5.74) is 0. The van der Waals surface area contributed by atoms with Crippen LogP contribution in [0.5, 0.6) is 11.5 Å². The smallest absolute Gasteiger partial charge is 0.306 e. The van der Waals surface area contributed by atoms with E-state index in [4.69, 9.17) is 9.47 Å². The van der Waals surface area contributed by atoms with Gasteiger partial charge in [-0.25, -0.2) is 0 Å². The summed E-state index contributed by atoms with van der Waals surface area (Å²) in [7, 11) is 2.71. The van der Waals surface area contributed by atoms with Crippen LogP contribution in [-0.2, 0) is 19.1 Å². The second-order valence-corrected chi connectivity index (χ2v) is 5.45. The number of rotatable bonds is 8. The molecule has 1 unspecified atom stereocenters. The molecule has 7 heteroatoms. The number of esters is 2. The van der Waals surface area contributed by atoms with E-state index in [1.165, 1.54) is 14.2 Å². The summed E-state index contributed by atoms with van der Waals surface area (Å²) in [5, 5.41) is 0. The number of carbonyl (C=O) groups excluding carboxylic acids is 2. The molecule has 0 radical (unpaired) electrons. The fourth-order valence-corrected chi connectivity index (χ4v) is 2.44. The second-order valence-electron chi connectivity index (χ2n) is 5.45. The molecule has 0 aromatic heterocycles. The monoisotopic (exact) mass is 337 g/mol. The van der Waals surface area contributed by atoms with Gasteiger partial charge in [-0.3, -0.25) is 14.5 Å².